The van der Waals surface area contributed by atoms with Crippen molar-refractivity contribution in [2.45, 2.75) is 40.5 Å². The molecule has 0 aliphatic heterocycles. The van der Waals surface area contributed by atoms with Crippen molar-refractivity contribution in [1.82, 2.24) is 5.32 Å². The van der Waals surface area contributed by atoms with Gasteiger partial charge >= 0.3 is 0 Å². The maximum Gasteiger partial charge on any atom is -0.00258 e. The van der Waals surface area contributed by atoms with Crippen LogP contribution in [0.15, 0.2) is 0 Å². The summed E-state index contributed by atoms with van der Waals surface area (Å²) in [4.78, 5) is 0. The topological polar surface area (TPSA) is 12.0 Å². The summed E-state index contributed by atoms with van der Waals surface area (Å²) >= 11 is 2.10. The van der Waals surface area contributed by atoms with Crippen LogP contribution in [0.2, 0.25) is 0 Å². The van der Waals surface area contributed by atoms with Gasteiger partial charge in [-0.2, -0.15) is 11.8 Å². The average Bonchev–Trinajstić information content (AvgIpc) is 2.08. The third-order valence-electron chi connectivity index (χ3n) is 2.03. The molecule has 0 bridgehead atoms. The highest BCUT2D eigenvalue weighted by atomic mass is 32.2. The van der Waals surface area contributed by atoms with Crippen LogP contribution < -0.4 is 5.32 Å². The van der Waals surface area contributed by atoms with Crippen LogP contribution in [0, 0.1) is 11.8 Å². The Bertz CT molecular complexity index is 98.9. The molecule has 86 valence electrons. The summed E-state index contributed by atoms with van der Waals surface area (Å²) in [7, 11) is 0. The first-order valence-corrected chi connectivity index (χ1v) is 7.07. The van der Waals surface area contributed by atoms with Gasteiger partial charge in [-0.25, -0.2) is 0 Å². The van der Waals surface area contributed by atoms with Crippen molar-refractivity contribution in [3.63, 3.8) is 0 Å². The molecule has 0 spiro atoms. The molecular weight excluding hydrogens is 190 g/mol. The Morgan fingerprint density at radius 1 is 1.00 bits per heavy atom. The van der Waals surface area contributed by atoms with Gasteiger partial charge in [0.25, 0.3) is 0 Å². The van der Waals surface area contributed by atoms with Gasteiger partial charge in [0, 0.05) is 0 Å². The van der Waals surface area contributed by atoms with Gasteiger partial charge in [-0.1, -0.05) is 27.7 Å². The van der Waals surface area contributed by atoms with Crippen molar-refractivity contribution in [1.29, 1.82) is 0 Å². The third-order valence-corrected chi connectivity index (χ3v) is 3.14. The summed E-state index contributed by atoms with van der Waals surface area (Å²) in [6.07, 6.45) is 2.68. The summed E-state index contributed by atoms with van der Waals surface area (Å²) < 4.78 is 0. The maximum absolute atomic E-state index is 3.47. The van der Waals surface area contributed by atoms with Gasteiger partial charge in [0.1, 0.15) is 0 Å². The van der Waals surface area contributed by atoms with Crippen molar-refractivity contribution >= 4 is 11.8 Å². The lowest BCUT2D eigenvalue weighted by atomic mass is 10.2. The first-order valence-electron chi connectivity index (χ1n) is 5.91. The standard InChI is InChI=1S/C12H27NS/c1-11(2)6-9-14-8-5-7-13-10-12(3)4/h11-13H,5-10H2,1-4H3. The molecule has 1 N–H and O–H groups in total. The molecule has 1 nitrogen and oxygen atoms in total. The largest absolute Gasteiger partial charge is 0.316 e. The molecule has 0 aliphatic rings. The predicted molar refractivity (Wildman–Crippen MR) is 69.1 cm³/mol. The monoisotopic (exact) mass is 217 g/mol. The van der Waals surface area contributed by atoms with E-state index in [1.165, 1.54) is 30.9 Å². The normalized spacial score (nSPS) is 11.6. The smallest absolute Gasteiger partial charge is 0.00258 e. The molecule has 0 fully saturated rings. The second-order valence-electron chi connectivity index (χ2n) is 4.75. The zero-order valence-corrected chi connectivity index (χ0v) is 11.1. The summed E-state index contributed by atoms with van der Waals surface area (Å²) in [6.45, 7) is 11.5. The van der Waals surface area contributed by atoms with Crippen LogP contribution in [0.1, 0.15) is 40.5 Å². The van der Waals surface area contributed by atoms with Crippen LogP contribution in [0.3, 0.4) is 0 Å². The highest BCUT2D eigenvalue weighted by molar-refractivity contribution is 7.99. The average molecular weight is 217 g/mol. The number of hydrogen-bond acceptors (Lipinski definition) is 2. The molecule has 0 rings (SSSR count). The molecule has 2 heteroatoms. The molecule has 0 saturated carbocycles. The van der Waals surface area contributed by atoms with Gasteiger partial charge in [-0.15, -0.1) is 0 Å². The zero-order valence-electron chi connectivity index (χ0n) is 10.3. The Morgan fingerprint density at radius 3 is 2.29 bits per heavy atom. The van der Waals surface area contributed by atoms with E-state index in [0.29, 0.717) is 0 Å². The van der Waals surface area contributed by atoms with Gasteiger partial charge in [0.2, 0.25) is 0 Å². The molecular formula is C12H27NS. The number of hydrogen-bond donors (Lipinski definition) is 1. The Kier molecular flexibility index (Phi) is 10.1. The van der Waals surface area contributed by atoms with Crippen molar-refractivity contribution < 1.29 is 0 Å². The van der Waals surface area contributed by atoms with Crippen LogP contribution in [-0.2, 0) is 0 Å². The van der Waals surface area contributed by atoms with Gasteiger partial charge in [0.05, 0.1) is 0 Å². The lowest BCUT2D eigenvalue weighted by Crippen LogP contribution is -2.21. The van der Waals surface area contributed by atoms with E-state index in [1.54, 1.807) is 0 Å². The minimum Gasteiger partial charge on any atom is -0.316 e. The molecule has 0 heterocycles. The fraction of sp³-hybridized carbons (Fsp3) is 1.00. The quantitative estimate of drug-likeness (QED) is 0.594. The number of thioether (sulfide) groups is 1. The fourth-order valence-electron chi connectivity index (χ4n) is 1.11. The van der Waals surface area contributed by atoms with E-state index in [-0.39, 0.29) is 0 Å². The lowest BCUT2D eigenvalue weighted by molar-refractivity contribution is 0.551. The first-order chi connectivity index (χ1) is 6.63. The minimum atomic E-state index is 0.781. The van der Waals surface area contributed by atoms with E-state index in [9.17, 15) is 0 Å². The molecule has 0 aromatic carbocycles. The molecule has 0 radical (unpaired) electrons. The number of rotatable bonds is 9. The second kappa shape index (κ2) is 9.85. The molecule has 0 saturated heterocycles. The Hall–Kier alpha value is 0.310. The zero-order chi connectivity index (χ0) is 10.8. The number of nitrogens with one attached hydrogen (secondary N) is 1. The summed E-state index contributed by atoms with van der Waals surface area (Å²) in [5, 5.41) is 3.47. The van der Waals surface area contributed by atoms with E-state index in [2.05, 4.69) is 44.8 Å². The van der Waals surface area contributed by atoms with Crippen LogP contribution >= 0.6 is 11.8 Å². The van der Waals surface area contributed by atoms with Crippen molar-refractivity contribution in [2.24, 2.45) is 11.8 Å². The molecule has 0 aliphatic carbocycles. The molecule has 0 unspecified atom stereocenters. The van der Waals surface area contributed by atoms with Crippen LogP contribution in [0.5, 0.6) is 0 Å². The summed E-state index contributed by atoms with van der Waals surface area (Å²) in [5.41, 5.74) is 0. The lowest BCUT2D eigenvalue weighted by Gasteiger charge is -2.07. The van der Waals surface area contributed by atoms with E-state index in [0.717, 1.165) is 18.4 Å². The van der Waals surface area contributed by atoms with Gasteiger partial charge in [-0.3, -0.25) is 0 Å². The fourth-order valence-corrected chi connectivity index (χ4v) is 2.30. The molecule has 0 atom stereocenters. The van der Waals surface area contributed by atoms with Crippen LogP contribution in [-0.4, -0.2) is 24.6 Å². The molecule has 0 aromatic heterocycles. The van der Waals surface area contributed by atoms with Gasteiger partial charge in [-0.05, 0) is 49.3 Å². The second-order valence-corrected chi connectivity index (χ2v) is 5.97. The predicted octanol–water partition coefficient (Wildman–Crippen LogP) is 3.40. The van der Waals surface area contributed by atoms with Crippen molar-refractivity contribution in [3.05, 3.63) is 0 Å². The highest BCUT2D eigenvalue weighted by Gasteiger charge is 1.95. The van der Waals surface area contributed by atoms with Crippen LogP contribution in [0.4, 0.5) is 0 Å². The van der Waals surface area contributed by atoms with E-state index < -0.39 is 0 Å². The first kappa shape index (κ1) is 14.3. The van der Waals surface area contributed by atoms with Gasteiger partial charge in [0.15, 0.2) is 0 Å². The van der Waals surface area contributed by atoms with Crippen molar-refractivity contribution in [2.75, 3.05) is 24.6 Å². The third kappa shape index (κ3) is 12.3. The Labute approximate surface area is 94.4 Å². The molecule has 0 amide bonds. The van der Waals surface area contributed by atoms with E-state index in [1.807, 2.05) is 0 Å². The highest BCUT2D eigenvalue weighted by Crippen LogP contribution is 2.09. The Morgan fingerprint density at radius 2 is 1.71 bits per heavy atom. The maximum atomic E-state index is 3.47. The minimum absolute atomic E-state index is 0.781. The SMILES string of the molecule is CC(C)CCSCCCNCC(C)C. The Balaban J connectivity index is 2.92. The molecule has 14 heavy (non-hydrogen) atoms. The van der Waals surface area contributed by atoms with Crippen molar-refractivity contribution in [3.8, 4) is 0 Å². The van der Waals surface area contributed by atoms with E-state index in [4.69, 9.17) is 0 Å². The van der Waals surface area contributed by atoms with E-state index >= 15 is 0 Å². The summed E-state index contributed by atoms with van der Waals surface area (Å²) in [5.74, 6) is 4.30. The van der Waals surface area contributed by atoms with Crippen LogP contribution in [0.25, 0.3) is 0 Å². The van der Waals surface area contributed by atoms with Gasteiger partial charge < -0.3 is 5.32 Å². The molecule has 0 aromatic rings. The summed E-state index contributed by atoms with van der Waals surface area (Å²) in [6, 6.07) is 0.